The number of aliphatic hydroxyl groups is 1. The van der Waals surface area contributed by atoms with Crippen molar-refractivity contribution in [2.75, 3.05) is 13.6 Å². The summed E-state index contributed by atoms with van der Waals surface area (Å²) in [6.07, 6.45) is 1.56. The Morgan fingerprint density at radius 2 is 2.24 bits per heavy atom. The first-order chi connectivity index (χ1) is 7.83. The molecule has 1 heterocycles. The fraction of sp³-hybridized carbons (Fsp3) is 0.500. The predicted molar refractivity (Wildman–Crippen MR) is 65.4 cm³/mol. The summed E-state index contributed by atoms with van der Waals surface area (Å²) in [5.74, 6) is -0.149. The zero-order valence-corrected chi connectivity index (χ0v) is 10.5. The Balaban J connectivity index is 2.81. The van der Waals surface area contributed by atoms with E-state index >= 15 is 0 Å². The highest BCUT2D eigenvalue weighted by Crippen LogP contribution is 2.09. The van der Waals surface area contributed by atoms with Crippen LogP contribution in [0.4, 0.5) is 0 Å². The maximum absolute atomic E-state index is 12.0. The van der Waals surface area contributed by atoms with Crippen molar-refractivity contribution in [3.63, 3.8) is 0 Å². The minimum absolute atomic E-state index is 0.149. The van der Waals surface area contributed by atoms with Crippen molar-refractivity contribution in [2.24, 2.45) is 5.73 Å². The van der Waals surface area contributed by atoms with Crippen molar-refractivity contribution in [3.05, 3.63) is 29.6 Å². The van der Waals surface area contributed by atoms with Crippen molar-refractivity contribution >= 4 is 5.91 Å². The summed E-state index contributed by atoms with van der Waals surface area (Å²) < 4.78 is 0. The molecule has 0 aliphatic heterocycles. The van der Waals surface area contributed by atoms with E-state index in [-0.39, 0.29) is 12.5 Å². The Morgan fingerprint density at radius 1 is 1.59 bits per heavy atom. The number of pyridine rings is 1. The van der Waals surface area contributed by atoms with Crippen LogP contribution in [0.5, 0.6) is 0 Å². The molecule has 94 valence electrons. The summed E-state index contributed by atoms with van der Waals surface area (Å²) in [5, 5.41) is 9.66. The summed E-state index contributed by atoms with van der Waals surface area (Å²) in [4.78, 5) is 17.5. The van der Waals surface area contributed by atoms with Crippen LogP contribution >= 0.6 is 0 Å². The molecule has 0 bridgehead atoms. The van der Waals surface area contributed by atoms with Crippen LogP contribution in [0.25, 0.3) is 0 Å². The van der Waals surface area contributed by atoms with Gasteiger partial charge in [0.15, 0.2) is 0 Å². The third-order valence-electron chi connectivity index (χ3n) is 2.24. The Labute approximate surface area is 101 Å². The van der Waals surface area contributed by atoms with E-state index in [0.29, 0.717) is 17.8 Å². The van der Waals surface area contributed by atoms with E-state index in [1.807, 2.05) is 0 Å². The zero-order chi connectivity index (χ0) is 13.1. The first-order valence-electron chi connectivity index (χ1n) is 5.46. The van der Waals surface area contributed by atoms with Crippen LogP contribution in [0.2, 0.25) is 0 Å². The number of nitrogens with zero attached hydrogens (tertiary/aromatic N) is 2. The largest absolute Gasteiger partial charge is 0.389 e. The first kappa shape index (κ1) is 13.6. The van der Waals surface area contributed by atoms with Gasteiger partial charge in [0.05, 0.1) is 11.3 Å². The molecule has 0 aliphatic carbocycles. The van der Waals surface area contributed by atoms with E-state index < -0.39 is 5.60 Å². The Kier molecular flexibility index (Phi) is 4.20. The smallest absolute Gasteiger partial charge is 0.253 e. The molecule has 0 radical (unpaired) electrons. The molecular formula is C12H19N3O2. The minimum atomic E-state index is -0.909. The quantitative estimate of drug-likeness (QED) is 0.793. The summed E-state index contributed by atoms with van der Waals surface area (Å²) in [6.45, 7) is 3.89. The monoisotopic (exact) mass is 237 g/mol. The molecule has 0 spiro atoms. The lowest BCUT2D eigenvalue weighted by molar-refractivity contribution is 0.0368. The van der Waals surface area contributed by atoms with Crippen molar-refractivity contribution in [1.82, 2.24) is 9.88 Å². The fourth-order valence-corrected chi connectivity index (χ4v) is 1.60. The van der Waals surface area contributed by atoms with Gasteiger partial charge in [-0.1, -0.05) is 0 Å². The highest BCUT2D eigenvalue weighted by Gasteiger charge is 2.20. The van der Waals surface area contributed by atoms with E-state index in [9.17, 15) is 9.90 Å². The van der Waals surface area contributed by atoms with Gasteiger partial charge >= 0.3 is 0 Å². The summed E-state index contributed by atoms with van der Waals surface area (Å²) >= 11 is 0. The molecular weight excluding hydrogens is 218 g/mol. The number of rotatable bonds is 4. The first-order valence-corrected chi connectivity index (χ1v) is 5.46. The van der Waals surface area contributed by atoms with Gasteiger partial charge in [-0.05, 0) is 26.0 Å². The van der Waals surface area contributed by atoms with E-state index in [0.717, 1.165) is 0 Å². The van der Waals surface area contributed by atoms with E-state index in [1.165, 1.54) is 4.90 Å². The van der Waals surface area contributed by atoms with Crippen LogP contribution in [-0.2, 0) is 6.54 Å². The van der Waals surface area contributed by atoms with Gasteiger partial charge in [0.25, 0.3) is 5.91 Å². The van der Waals surface area contributed by atoms with Gasteiger partial charge in [-0.15, -0.1) is 0 Å². The molecule has 1 amide bonds. The van der Waals surface area contributed by atoms with Crippen molar-refractivity contribution in [1.29, 1.82) is 0 Å². The third kappa shape index (κ3) is 4.13. The number of carbonyl (C=O) groups excluding carboxylic acids is 1. The highest BCUT2D eigenvalue weighted by atomic mass is 16.3. The van der Waals surface area contributed by atoms with Gasteiger partial charge in [-0.25, -0.2) is 0 Å². The second-order valence-electron chi connectivity index (χ2n) is 4.71. The molecule has 0 unspecified atom stereocenters. The zero-order valence-electron chi connectivity index (χ0n) is 10.5. The molecule has 5 heteroatoms. The molecule has 0 saturated heterocycles. The van der Waals surface area contributed by atoms with Crippen LogP contribution < -0.4 is 5.73 Å². The van der Waals surface area contributed by atoms with E-state index in [4.69, 9.17) is 5.73 Å². The van der Waals surface area contributed by atoms with Crippen molar-refractivity contribution < 1.29 is 9.90 Å². The summed E-state index contributed by atoms with van der Waals surface area (Å²) in [6, 6.07) is 3.31. The normalized spacial score (nSPS) is 11.4. The maximum Gasteiger partial charge on any atom is 0.253 e. The Morgan fingerprint density at radius 3 is 2.76 bits per heavy atom. The van der Waals surface area contributed by atoms with Gasteiger partial charge in [0.2, 0.25) is 0 Å². The molecule has 0 aromatic carbocycles. The summed E-state index contributed by atoms with van der Waals surface area (Å²) in [5.41, 5.74) is 5.77. The van der Waals surface area contributed by atoms with Gasteiger partial charge in [0, 0.05) is 31.9 Å². The number of amides is 1. The lowest BCUT2D eigenvalue weighted by atomic mass is 10.1. The van der Waals surface area contributed by atoms with Crippen LogP contribution in [-0.4, -0.2) is 40.1 Å². The molecule has 1 aromatic rings. The average molecular weight is 237 g/mol. The Hall–Kier alpha value is -1.46. The lowest BCUT2D eigenvalue weighted by Crippen LogP contribution is -2.39. The number of hydrogen-bond donors (Lipinski definition) is 2. The fourth-order valence-electron chi connectivity index (χ4n) is 1.60. The number of hydrogen-bond acceptors (Lipinski definition) is 4. The molecule has 17 heavy (non-hydrogen) atoms. The lowest BCUT2D eigenvalue weighted by Gasteiger charge is -2.25. The second-order valence-corrected chi connectivity index (χ2v) is 4.71. The molecule has 5 nitrogen and oxygen atoms in total. The van der Waals surface area contributed by atoms with Crippen LogP contribution in [0.15, 0.2) is 18.3 Å². The SMILES string of the molecule is CN(CC(C)(C)O)C(=O)c1ccnc(CN)c1. The van der Waals surface area contributed by atoms with Gasteiger partial charge < -0.3 is 15.7 Å². The molecule has 1 aromatic heterocycles. The molecule has 0 saturated carbocycles. The minimum Gasteiger partial charge on any atom is -0.389 e. The molecule has 1 rings (SSSR count). The maximum atomic E-state index is 12.0. The van der Waals surface area contributed by atoms with Crippen molar-refractivity contribution in [3.8, 4) is 0 Å². The van der Waals surface area contributed by atoms with Gasteiger partial charge in [0.1, 0.15) is 0 Å². The molecule has 0 atom stereocenters. The van der Waals surface area contributed by atoms with Crippen LogP contribution in [0.1, 0.15) is 29.9 Å². The summed E-state index contributed by atoms with van der Waals surface area (Å²) in [7, 11) is 1.66. The number of aromatic nitrogens is 1. The number of nitrogens with two attached hydrogens (primary N) is 1. The standard InChI is InChI=1S/C12H19N3O2/c1-12(2,17)8-15(3)11(16)9-4-5-14-10(6-9)7-13/h4-6,17H,7-8,13H2,1-3H3. The van der Waals surface area contributed by atoms with E-state index in [2.05, 4.69) is 4.98 Å². The van der Waals surface area contributed by atoms with Crippen LogP contribution in [0.3, 0.4) is 0 Å². The van der Waals surface area contributed by atoms with Gasteiger partial charge in [-0.3, -0.25) is 9.78 Å². The van der Waals surface area contributed by atoms with Crippen LogP contribution in [0, 0.1) is 0 Å². The second kappa shape index (κ2) is 5.25. The topological polar surface area (TPSA) is 79.5 Å². The predicted octanol–water partition coefficient (Wildman–Crippen LogP) is 0.383. The van der Waals surface area contributed by atoms with Crippen molar-refractivity contribution in [2.45, 2.75) is 26.0 Å². The number of likely N-dealkylation sites (N-methyl/N-ethyl adjacent to an activating group) is 1. The highest BCUT2D eigenvalue weighted by molar-refractivity contribution is 5.94. The van der Waals surface area contributed by atoms with Gasteiger partial charge in [-0.2, -0.15) is 0 Å². The van der Waals surface area contributed by atoms with E-state index in [1.54, 1.807) is 39.2 Å². The molecule has 0 aliphatic rings. The molecule has 3 N–H and O–H groups in total. The Bertz CT molecular complexity index is 399. The third-order valence-corrected chi connectivity index (χ3v) is 2.24. The number of carbonyl (C=O) groups is 1. The average Bonchev–Trinajstić information content (AvgIpc) is 2.26. The molecule has 0 fully saturated rings.